The molecule has 0 heterocycles. The minimum absolute atomic E-state index is 0.0842. The van der Waals surface area contributed by atoms with Crippen LogP contribution < -0.4 is 10.6 Å². The van der Waals surface area contributed by atoms with Gasteiger partial charge >= 0.3 is 6.03 Å². The molecule has 7 aromatic carbocycles. The number of hydrogen-bond acceptors (Lipinski definition) is 12. The molecule has 7 aromatic rings. The molecule has 2 amide bonds. The van der Waals surface area contributed by atoms with Crippen LogP contribution in [0.1, 0.15) is 0 Å². The summed E-state index contributed by atoms with van der Waals surface area (Å²) in [5.74, 6) is -0.649. The molecule has 6 N–H and O–H groups in total. The number of anilines is 2. The van der Waals surface area contributed by atoms with Crippen LogP contribution in [0.25, 0.3) is 32.3 Å². The van der Waals surface area contributed by atoms with Crippen LogP contribution in [-0.2, 0) is 30.4 Å². The first-order valence-electron chi connectivity index (χ1n) is 16.2. The maximum Gasteiger partial charge on any atom is 0.323 e. The van der Waals surface area contributed by atoms with E-state index in [9.17, 15) is 48.8 Å². The molecule has 0 unspecified atom stereocenters. The van der Waals surface area contributed by atoms with E-state index in [0.29, 0.717) is 27.2 Å². The Kier molecular flexibility index (Phi) is 9.99. The second kappa shape index (κ2) is 14.8. The fourth-order valence-electron chi connectivity index (χ4n) is 5.79. The highest BCUT2D eigenvalue weighted by atomic mass is 32.2. The van der Waals surface area contributed by atoms with Gasteiger partial charge in [-0.2, -0.15) is 35.5 Å². The highest BCUT2D eigenvalue weighted by Crippen LogP contribution is 2.42. The van der Waals surface area contributed by atoms with Crippen molar-refractivity contribution in [2.45, 2.75) is 14.7 Å². The molecule has 0 aromatic heterocycles. The highest BCUT2D eigenvalue weighted by Gasteiger charge is 2.23. The van der Waals surface area contributed by atoms with Gasteiger partial charge in [0.25, 0.3) is 30.4 Å². The second-order valence-corrected chi connectivity index (χ2v) is 16.5. The average Bonchev–Trinajstić information content (AvgIpc) is 3.15. The Morgan fingerprint density at radius 1 is 0.491 bits per heavy atom. The van der Waals surface area contributed by atoms with E-state index in [1.165, 1.54) is 78.9 Å². The van der Waals surface area contributed by atoms with E-state index in [-0.39, 0.29) is 38.4 Å². The minimum Gasteiger partial charge on any atom is -0.505 e. The zero-order valence-corrected chi connectivity index (χ0v) is 31.2. The van der Waals surface area contributed by atoms with Crippen molar-refractivity contribution in [3.63, 3.8) is 0 Å². The summed E-state index contributed by atoms with van der Waals surface area (Å²) in [6.45, 7) is 0. The smallest absolute Gasteiger partial charge is 0.323 e. The fourth-order valence-corrected chi connectivity index (χ4v) is 7.60. The molecule has 0 atom stereocenters. The minimum atomic E-state index is -4.99. The fraction of sp³-hybridized carbons (Fsp3) is 0. The molecule has 288 valence electrons. The van der Waals surface area contributed by atoms with E-state index < -0.39 is 57.6 Å². The normalized spacial score (nSPS) is 12.5. The van der Waals surface area contributed by atoms with Crippen molar-refractivity contribution in [1.29, 1.82) is 0 Å². The lowest BCUT2D eigenvalue weighted by Gasteiger charge is -2.12. The first-order valence-corrected chi connectivity index (χ1v) is 20.5. The molecule has 0 aliphatic carbocycles. The largest absolute Gasteiger partial charge is 0.505 e. The number of azo groups is 2. The predicted molar refractivity (Wildman–Crippen MR) is 210 cm³/mol. The third-order valence-electron chi connectivity index (χ3n) is 8.43. The summed E-state index contributed by atoms with van der Waals surface area (Å²) in [7, 11) is -14.2. The van der Waals surface area contributed by atoms with E-state index in [1.807, 2.05) is 0 Å². The number of rotatable bonds is 9. The number of benzene rings is 7. The lowest BCUT2D eigenvalue weighted by molar-refractivity contribution is 0.262. The van der Waals surface area contributed by atoms with E-state index in [1.54, 1.807) is 36.4 Å². The van der Waals surface area contributed by atoms with E-state index in [2.05, 4.69) is 31.1 Å². The Morgan fingerprint density at radius 2 is 1.07 bits per heavy atom. The molecule has 57 heavy (non-hydrogen) atoms. The van der Waals surface area contributed by atoms with Gasteiger partial charge in [0, 0.05) is 16.8 Å². The van der Waals surface area contributed by atoms with Gasteiger partial charge < -0.3 is 15.7 Å². The zero-order chi connectivity index (χ0) is 40.7. The topological polar surface area (TPSA) is 274 Å². The van der Waals surface area contributed by atoms with E-state index in [0.717, 1.165) is 6.07 Å². The number of aromatic hydroxyl groups is 1. The summed E-state index contributed by atoms with van der Waals surface area (Å²) in [5.41, 5.74) is 0.330. The zero-order valence-electron chi connectivity index (χ0n) is 28.7. The molecule has 0 spiro atoms. The third kappa shape index (κ3) is 8.60. The molecule has 7 rings (SSSR count). The SMILES string of the molecule is O=C(Nc1ccc2cc(N=Nc3ccccc3)c(S(=O)(=O)O)cc2c1)Nc1ccc2c(O)c(N=Nc3ccc4cc(S(=O)(=O)O)ccc4c3)c(S(=O)(=O)O)cc2c1. The summed E-state index contributed by atoms with van der Waals surface area (Å²) in [6.07, 6.45) is 0. The van der Waals surface area contributed by atoms with Crippen LogP contribution in [0.3, 0.4) is 0 Å². The third-order valence-corrected chi connectivity index (χ3v) is 11.0. The average molecular weight is 827 g/mol. The summed E-state index contributed by atoms with van der Waals surface area (Å²) < 4.78 is 102. The molecule has 0 radical (unpaired) electrons. The number of carbonyl (C=O) groups is 1. The molecular formula is C37H26N6O11S3. The van der Waals surface area contributed by atoms with E-state index in [4.69, 9.17) is 0 Å². The van der Waals surface area contributed by atoms with Crippen molar-refractivity contribution in [2.24, 2.45) is 20.5 Å². The van der Waals surface area contributed by atoms with Gasteiger partial charge in [-0.25, -0.2) is 4.79 Å². The van der Waals surface area contributed by atoms with Crippen LogP contribution in [0.5, 0.6) is 5.75 Å². The summed E-state index contributed by atoms with van der Waals surface area (Å²) in [6, 6.07) is 28.4. The molecule has 0 fully saturated rings. The lowest BCUT2D eigenvalue weighted by atomic mass is 10.1. The van der Waals surface area contributed by atoms with Crippen LogP contribution in [0.2, 0.25) is 0 Å². The Hall–Kier alpha value is -6.68. The van der Waals surface area contributed by atoms with Gasteiger partial charge in [-0.05, 0) is 112 Å². The molecule has 20 heteroatoms. The van der Waals surface area contributed by atoms with Crippen LogP contribution in [0.15, 0.2) is 156 Å². The standard InChI is InChI=1S/C37H26N6O11S3/c44-36-31-13-11-28(16-25(31)20-34(57(52,53)54)35(36)43-41-29-10-7-22-17-30(55(46,47)48)12-8-21(22)14-29)39-37(45)38-27-9-6-23-18-32(42-40-26-4-2-1-3-5-26)33(56(49,50)51)19-24(23)15-27/h1-20,44H,(H2,38,39,45)(H,46,47,48)(H,49,50,51)(H,52,53,54). The second-order valence-electron chi connectivity index (χ2n) is 12.3. The van der Waals surface area contributed by atoms with Gasteiger partial charge in [0.05, 0.1) is 16.3 Å². The Morgan fingerprint density at radius 3 is 1.75 bits per heavy atom. The molecule has 0 saturated carbocycles. The summed E-state index contributed by atoms with van der Waals surface area (Å²) in [4.78, 5) is 11.4. The van der Waals surface area contributed by atoms with Crippen molar-refractivity contribution in [2.75, 3.05) is 10.6 Å². The monoisotopic (exact) mass is 826 g/mol. The van der Waals surface area contributed by atoms with Crippen molar-refractivity contribution in [3.05, 3.63) is 121 Å². The number of amides is 2. The number of fused-ring (bicyclic) bond motifs is 3. The van der Waals surface area contributed by atoms with Gasteiger partial charge in [-0.3, -0.25) is 13.7 Å². The van der Waals surface area contributed by atoms with Gasteiger partial charge in [0.1, 0.15) is 21.2 Å². The number of urea groups is 1. The first-order chi connectivity index (χ1) is 26.9. The molecular weight excluding hydrogens is 801 g/mol. The molecule has 17 nitrogen and oxygen atoms in total. The van der Waals surface area contributed by atoms with Crippen molar-refractivity contribution < 1.29 is 48.8 Å². The molecule has 0 aliphatic heterocycles. The van der Waals surface area contributed by atoms with Crippen molar-refractivity contribution >= 4 is 103 Å². The molecule has 0 saturated heterocycles. The number of nitrogens with zero attached hydrogens (tertiary/aromatic N) is 4. The van der Waals surface area contributed by atoms with Crippen LogP contribution >= 0.6 is 0 Å². The maximum atomic E-state index is 13.0. The first kappa shape index (κ1) is 38.6. The summed E-state index contributed by atoms with van der Waals surface area (Å²) >= 11 is 0. The Balaban J connectivity index is 1.13. The molecule has 0 bridgehead atoms. The Bertz CT molecular complexity index is 3200. The number of carbonyl (C=O) groups excluding carboxylic acids is 1. The maximum absolute atomic E-state index is 13.0. The van der Waals surface area contributed by atoms with Crippen LogP contribution in [0, 0.1) is 0 Å². The molecule has 0 aliphatic rings. The number of hydrogen-bond donors (Lipinski definition) is 6. The Labute approximate surface area is 323 Å². The number of phenolic OH excluding ortho intramolecular Hbond substituents is 1. The van der Waals surface area contributed by atoms with Gasteiger partial charge in [-0.1, -0.05) is 36.4 Å². The van der Waals surface area contributed by atoms with Crippen LogP contribution in [-0.4, -0.2) is 50.0 Å². The predicted octanol–water partition coefficient (Wildman–Crippen LogP) is 9.07. The van der Waals surface area contributed by atoms with Crippen molar-refractivity contribution in [1.82, 2.24) is 0 Å². The van der Waals surface area contributed by atoms with E-state index >= 15 is 0 Å². The highest BCUT2D eigenvalue weighted by molar-refractivity contribution is 7.86. The quantitative estimate of drug-likeness (QED) is 0.0590. The van der Waals surface area contributed by atoms with Gasteiger partial charge in [-0.15, -0.1) is 10.2 Å². The van der Waals surface area contributed by atoms with Crippen LogP contribution in [0.4, 0.5) is 38.9 Å². The van der Waals surface area contributed by atoms with Crippen molar-refractivity contribution in [3.8, 4) is 5.75 Å². The number of nitrogens with one attached hydrogen (secondary N) is 2. The summed E-state index contributed by atoms with van der Waals surface area (Å²) in [5, 5.41) is 34.2. The number of phenols is 1. The van der Waals surface area contributed by atoms with Gasteiger partial charge in [0.2, 0.25) is 0 Å². The lowest BCUT2D eigenvalue weighted by Crippen LogP contribution is -2.19. The van der Waals surface area contributed by atoms with Gasteiger partial charge in [0.15, 0.2) is 5.75 Å².